The van der Waals surface area contributed by atoms with Gasteiger partial charge in [-0.25, -0.2) is 9.18 Å². The van der Waals surface area contributed by atoms with Crippen molar-refractivity contribution >= 4 is 34.2 Å². The summed E-state index contributed by atoms with van der Waals surface area (Å²) in [5.41, 5.74) is 5.40. The maximum Gasteiger partial charge on any atom is 0.359 e. The van der Waals surface area contributed by atoms with Crippen LogP contribution in [-0.4, -0.2) is 40.7 Å². The van der Waals surface area contributed by atoms with Crippen molar-refractivity contribution in [3.8, 4) is 5.69 Å². The number of ether oxygens (including phenoxy) is 1. The predicted molar refractivity (Wildman–Crippen MR) is 130 cm³/mol. The topological polar surface area (TPSA) is 125 Å². The monoisotopic (exact) mass is 488 g/mol. The number of rotatable bonds is 8. The number of carbonyl (C=O) groups is 3. The lowest BCUT2D eigenvalue weighted by molar-refractivity contribution is -0.121. The van der Waals surface area contributed by atoms with Crippen molar-refractivity contribution in [2.24, 2.45) is 5.73 Å². The summed E-state index contributed by atoms with van der Waals surface area (Å²) in [6.07, 6.45) is -0.148. The third kappa shape index (κ3) is 5.27. The highest BCUT2D eigenvalue weighted by atomic mass is 19.1. The van der Waals surface area contributed by atoms with Crippen molar-refractivity contribution < 1.29 is 23.5 Å². The van der Waals surface area contributed by atoms with E-state index in [-0.39, 0.29) is 29.4 Å². The third-order valence-electron chi connectivity index (χ3n) is 5.35. The van der Waals surface area contributed by atoms with Gasteiger partial charge in [0.1, 0.15) is 5.82 Å². The lowest BCUT2D eigenvalue weighted by atomic mass is 10.1. The fourth-order valence-electron chi connectivity index (χ4n) is 3.60. The molecule has 4 rings (SSSR count). The van der Waals surface area contributed by atoms with Crippen LogP contribution in [0, 0.1) is 5.82 Å². The number of aromatic nitrogens is 2. The van der Waals surface area contributed by atoms with Gasteiger partial charge in [-0.2, -0.15) is 9.78 Å². The molecule has 0 aliphatic carbocycles. The van der Waals surface area contributed by atoms with E-state index >= 15 is 0 Å². The van der Waals surface area contributed by atoms with E-state index < -0.39 is 35.8 Å². The smallest absolute Gasteiger partial charge is 0.359 e. The zero-order valence-electron chi connectivity index (χ0n) is 19.0. The molecule has 0 radical (unpaired) electrons. The van der Waals surface area contributed by atoms with Crippen molar-refractivity contribution in [2.75, 3.05) is 18.1 Å². The van der Waals surface area contributed by atoms with Crippen LogP contribution in [0.1, 0.15) is 16.9 Å². The van der Waals surface area contributed by atoms with Gasteiger partial charge < -0.3 is 15.4 Å². The van der Waals surface area contributed by atoms with E-state index in [4.69, 9.17) is 10.5 Å². The second kappa shape index (κ2) is 10.6. The standard InChI is InChI=1S/C26H21FN4O5/c27-17-10-12-18(13-11-17)30(15-14-22(28)32)23(33)16-36-26(35)24-20-8-4-5-9-21(20)25(34)31(29-24)19-6-2-1-3-7-19/h1-13H,14-16H2,(H2,28,32). The molecule has 0 bridgehead atoms. The number of primary amides is 1. The summed E-state index contributed by atoms with van der Waals surface area (Å²) in [7, 11) is 0. The van der Waals surface area contributed by atoms with Gasteiger partial charge in [-0.05, 0) is 42.5 Å². The molecule has 0 aliphatic heterocycles. The van der Waals surface area contributed by atoms with E-state index in [0.29, 0.717) is 11.4 Å². The maximum absolute atomic E-state index is 13.3. The molecule has 9 nitrogen and oxygen atoms in total. The summed E-state index contributed by atoms with van der Waals surface area (Å²) >= 11 is 0. The van der Waals surface area contributed by atoms with E-state index in [9.17, 15) is 23.6 Å². The minimum atomic E-state index is -0.918. The molecule has 0 unspecified atom stereocenters. The van der Waals surface area contributed by atoms with Gasteiger partial charge in [-0.3, -0.25) is 14.4 Å². The van der Waals surface area contributed by atoms with Crippen LogP contribution in [0.5, 0.6) is 0 Å². The lowest BCUT2D eigenvalue weighted by Crippen LogP contribution is -2.37. The van der Waals surface area contributed by atoms with E-state index in [0.717, 1.165) is 16.8 Å². The predicted octanol–water partition coefficient (Wildman–Crippen LogP) is 2.59. The van der Waals surface area contributed by atoms with Gasteiger partial charge in [0.15, 0.2) is 12.3 Å². The first-order chi connectivity index (χ1) is 17.3. The molecule has 4 aromatic rings. The van der Waals surface area contributed by atoms with Crippen LogP contribution >= 0.6 is 0 Å². The van der Waals surface area contributed by atoms with Crippen molar-refractivity contribution in [3.05, 3.63) is 101 Å². The van der Waals surface area contributed by atoms with Crippen molar-refractivity contribution in [1.29, 1.82) is 0 Å². The first-order valence-electron chi connectivity index (χ1n) is 10.9. The molecule has 0 atom stereocenters. The van der Waals surface area contributed by atoms with Crippen LogP contribution in [-0.2, 0) is 14.3 Å². The summed E-state index contributed by atoms with van der Waals surface area (Å²) in [4.78, 5) is 51.4. The first-order valence-corrected chi connectivity index (χ1v) is 10.9. The molecular weight excluding hydrogens is 467 g/mol. The fourth-order valence-corrected chi connectivity index (χ4v) is 3.60. The van der Waals surface area contributed by atoms with Crippen LogP contribution in [0.15, 0.2) is 83.7 Å². The molecule has 3 aromatic carbocycles. The first kappa shape index (κ1) is 24.3. The zero-order chi connectivity index (χ0) is 25.7. The van der Waals surface area contributed by atoms with E-state index in [1.54, 1.807) is 54.6 Å². The summed E-state index contributed by atoms with van der Waals surface area (Å²) < 4.78 is 19.7. The molecule has 2 amide bonds. The molecular formula is C26H21FN4O5. The highest BCUT2D eigenvalue weighted by molar-refractivity contribution is 6.03. The molecule has 1 heterocycles. The Morgan fingerprint density at radius 2 is 1.56 bits per heavy atom. The van der Waals surface area contributed by atoms with E-state index in [1.165, 1.54) is 17.0 Å². The number of benzene rings is 3. The van der Waals surface area contributed by atoms with Crippen molar-refractivity contribution in [1.82, 2.24) is 9.78 Å². The molecule has 2 N–H and O–H groups in total. The van der Waals surface area contributed by atoms with Gasteiger partial charge in [0.25, 0.3) is 11.5 Å². The number of para-hydroxylation sites is 1. The molecule has 0 saturated carbocycles. The molecule has 0 spiro atoms. The van der Waals surface area contributed by atoms with Crippen LogP contribution in [0.25, 0.3) is 16.5 Å². The number of hydrogen-bond donors (Lipinski definition) is 1. The Balaban J connectivity index is 1.62. The second-order valence-corrected chi connectivity index (χ2v) is 7.76. The normalized spacial score (nSPS) is 10.7. The second-order valence-electron chi connectivity index (χ2n) is 7.76. The summed E-state index contributed by atoms with van der Waals surface area (Å²) in [5.74, 6) is -2.71. The summed E-state index contributed by atoms with van der Waals surface area (Å²) in [6, 6.07) is 20.1. The van der Waals surface area contributed by atoms with Crippen molar-refractivity contribution in [2.45, 2.75) is 6.42 Å². The number of anilines is 1. The number of amides is 2. The average Bonchev–Trinajstić information content (AvgIpc) is 2.89. The third-order valence-corrected chi connectivity index (χ3v) is 5.35. The van der Waals surface area contributed by atoms with E-state index in [2.05, 4.69) is 5.10 Å². The number of halogens is 1. The molecule has 36 heavy (non-hydrogen) atoms. The van der Waals surface area contributed by atoms with E-state index in [1.807, 2.05) is 0 Å². The van der Waals surface area contributed by atoms with Gasteiger partial charge in [0, 0.05) is 24.0 Å². The van der Waals surface area contributed by atoms with Crippen LogP contribution in [0.4, 0.5) is 10.1 Å². The number of hydrogen-bond acceptors (Lipinski definition) is 6. The van der Waals surface area contributed by atoms with Gasteiger partial charge in [-0.1, -0.05) is 36.4 Å². The Morgan fingerprint density at radius 1 is 0.917 bits per heavy atom. The maximum atomic E-state index is 13.3. The molecule has 1 aromatic heterocycles. The number of esters is 1. The van der Waals surface area contributed by atoms with Crippen LogP contribution in [0.3, 0.4) is 0 Å². The zero-order valence-corrected chi connectivity index (χ0v) is 19.0. The minimum Gasteiger partial charge on any atom is -0.451 e. The average molecular weight is 488 g/mol. The lowest BCUT2D eigenvalue weighted by Gasteiger charge is -2.22. The molecule has 182 valence electrons. The molecule has 10 heteroatoms. The van der Waals surface area contributed by atoms with Gasteiger partial charge in [0.05, 0.1) is 11.1 Å². The number of carbonyl (C=O) groups excluding carboxylic acids is 3. The Hall–Kier alpha value is -4.86. The number of nitrogens with two attached hydrogens (primary N) is 1. The van der Waals surface area contributed by atoms with Gasteiger partial charge in [-0.15, -0.1) is 0 Å². The number of nitrogens with zero attached hydrogens (tertiary/aromatic N) is 3. The fraction of sp³-hybridized carbons (Fsp3) is 0.115. The van der Waals surface area contributed by atoms with Crippen LogP contribution < -0.4 is 16.2 Å². The Morgan fingerprint density at radius 3 is 2.22 bits per heavy atom. The number of fused-ring (bicyclic) bond motifs is 1. The molecule has 0 saturated heterocycles. The largest absolute Gasteiger partial charge is 0.451 e. The van der Waals surface area contributed by atoms with Crippen LogP contribution in [0.2, 0.25) is 0 Å². The Bertz CT molecular complexity index is 1490. The summed E-state index contributed by atoms with van der Waals surface area (Å²) in [5, 5.41) is 4.75. The Labute approximate surface area is 204 Å². The highest BCUT2D eigenvalue weighted by Gasteiger charge is 2.22. The highest BCUT2D eigenvalue weighted by Crippen LogP contribution is 2.18. The summed E-state index contributed by atoms with van der Waals surface area (Å²) in [6.45, 7) is -0.771. The van der Waals surface area contributed by atoms with Gasteiger partial charge >= 0.3 is 5.97 Å². The quantitative estimate of drug-likeness (QED) is 0.380. The van der Waals surface area contributed by atoms with Gasteiger partial charge in [0.2, 0.25) is 5.91 Å². The molecule has 0 aliphatic rings. The van der Waals surface area contributed by atoms with Crippen molar-refractivity contribution in [3.63, 3.8) is 0 Å². The molecule has 0 fully saturated rings. The minimum absolute atomic E-state index is 0.0859. The Kier molecular flexibility index (Phi) is 7.15. The SMILES string of the molecule is NC(=O)CCN(C(=O)COC(=O)c1nn(-c2ccccc2)c(=O)c2ccccc12)c1ccc(F)cc1.